The van der Waals surface area contributed by atoms with Gasteiger partial charge < -0.3 is 15.1 Å². The predicted molar refractivity (Wildman–Crippen MR) is 135 cm³/mol. The van der Waals surface area contributed by atoms with Crippen molar-refractivity contribution < 1.29 is 4.79 Å². The Morgan fingerprint density at radius 3 is 2.70 bits per heavy atom. The van der Waals surface area contributed by atoms with Gasteiger partial charge in [0.25, 0.3) is 0 Å². The molecule has 1 aliphatic carbocycles. The summed E-state index contributed by atoms with van der Waals surface area (Å²) in [4.78, 5) is 29.7. The Hall–Kier alpha value is -2.67. The number of nitrogens with one attached hydrogen (secondary N) is 1. The van der Waals surface area contributed by atoms with Crippen LogP contribution in [0.25, 0.3) is 10.2 Å². The lowest BCUT2D eigenvalue weighted by Crippen LogP contribution is -2.52. The van der Waals surface area contributed by atoms with E-state index in [2.05, 4.69) is 24.1 Å². The number of benzene rings is 1. The molecule has 5 rings (SSSR count). The lowest BCUT2D eigenvalue weighted by Gasteiger charge is -2.36. The summed E-state index contributed by atoms with van der Waals surface area (Å²) in [6.07, 6.45) is 5.48. The van der Waals surface area contributed by atoms with Crippen molar-refractivity contribution in [1.82, 2.24) is 20.2 Å². The number of hydrogen-bond donors (Lipinski definition) is 1. The fourth-order valence-corrected chi connectivity index (χ4v) is 6.33. The van der Waals surface area contributed by atoms with Crippen LogP contribution in [0.15, 0.2) is 30.3 Å². The van der Waals surface area contributed by atoms with Gasteiger partial charge in [0.15, 0.2) is 0 Å². The highest BCUT2D eigenvalue weighted by Crippen LogP contribution is 2.41. The molecule has 1 aromatic carbocycles. The van der Waals surface area contributed by atoms with E-state index in [4.69, 9.17) is 9.97 Å². The second-order valence-electron chi connectivity index (χ2n) is 9.36. The van der Waals surface area contributed by atoms with Crippen molar-refractivity contribution >= 4 is 33.4 Å². The molecule has 7 heteroatoms. The van der Waals surface area contributed by atoms with Crippen LogP contribution in [-0.2, 0) is 25.8 Å². The lowest BCUT2D eigenvalue weighted by molar-refractivity contribution is 0.194. The minimum absolute atomic E-state index is 0.0138. The quantitative estimate of drug-likeness (QED) is 0.590. The van der Waals surface area contributed by atoms with Gasteiger partial charge in [-0.3, -0.25) is 0 Å². The van der Waals surface area contributed by atoms with Crippen LogP contribution < -0.4 is 10.2 Å². The number of piperazine rings is 1. The zero-order chi connectivity index (χ0) is 22.8. The van der Waals surface area contributed by atoms with Crippen LogP contribution in [0.3, 0.4) is 0 Å². The molecular formula is C26H33N5OS. The van der Waals surface area contributed by atoms with Gasteiger partial charge in [0.05, 0.1) is 5.39 Å². The van der Waals surface area contributed by atoms with Gasteiger partial charge in [-0.05, 0) is 42.7 Å². The smallest absolute Gasteiger partial charge is 0.317 e. The molecule has 2 aliphatic rings. The van der Waals surface area contributed by atoms with Crippen molar-refractivity contribution in [3.8, 4) is 0 Å². The van der Waals surface area contributed by atoms with Crippen LogP contribution in [0.1, 0.15) is 48.5 Å². The molecule has 3 heterocycles. The highest BCUT2D eigenvalue weighted by atomic mass is 32.1. The van der Waals surface area contributed by atoms with E-state index in [1.54, 1.807) is 0 Å². The number of thiophene rings is 1. The molecule has 1 saturated heterocycles. The van der Waals surface area contributed by atoms with Crippen molar-refractivity contribution in [2.24, 2.45) is 5.92 Å². The molecule has 174 valence electrons. The first-order valence-corrected chi connectivity index (χ1v) is 13.1. The van der Waals surface area contributed by atoms with Crippen molar-refractivity contribution in [2.45, 2.75) is 52.5 Å². The monoisotopic (exact) mass is 463 g/mol. The molecule has 6 nitrogen and oxygen atoms in total. The predicted octanol–water partition coefficient (Wildman–Crippen LogP) is 4.80. The molecule has 2 amide bonds. The number of urea groups is 1. The number of carbonyl (C=O) groups is 1. The van der Waals surface area contributed by atoms with E-state index in [0.29, 0.717) is 19.6 Å². The normalized spacial score (nSPS) is 18.4. The summed E-state index contributed by atoms with van der Waals surface area (Å²) in [5.74, 6) is 2.80. The Morgan fingerprint density at radius 1 is 1.15 bits per heavy atom. The molecule has 0 saturated carbocycles. The molecule has 1 fully saturated rings. The first-order chi connectivity index (χ1) is 16.1. The topological polar surface area (TPSA) is 61.4 Å². The average molecular weight is 464 g/mol. The van der Waals surface area contributed by atoms with Crippen LogP contribution in [-0.4, -0.2) is 47.1 Å². The number of rotatable bonds is 5. The van der Waals surface area contributed by atoms with Crippen LogP contribution in [0.2, 0.25) is 0 Å². The number of amides is 2. The van der Waals surface area contributed by atoms with E-state index < -0.39 is 0 Å². The van der Waals surface area contributed by atoms with E-state index in [0.717, 1.165) is 66.7 Å². The molecule has 1 N–H and O–H groups in total. The summed E-state index contributed by atoms with van der Waals surface area (Å²) in [6.45, 7) is 8.12. The van der Waals surface area contributed by atoms with Gasteiger partial charge in [0, 0.05) is 44.0 Å². The van der Waals surface area contributed by atoms with Gasteiger partial charge >= 0.3 is 6.03 Å². The molecule has 33 heavy (non-hydrogen) atoms. The van der Waals surface area contributed by atoms with Crippen LogP contribution >= 0.6 is 11.3 Å². The van der Waals surface area contributed by atoms with Crippen molar-refractivity contribution in [3.05, 3.63) is 52.2 Å². The molecule has 0 spiro atoms. The fourth-order valence-electron chi connectivity index (χ4n) is 4.94. The fraction of sp³-hybridized carbons (Fsp3) is 0.500. The molecular weight excluding hydrogens is 430 g/mol. The van der Waals surface area contributed by atoms with Gasteiger partial charge in [-0.1, -0.05) is 44.2 Å². The van der Waals surface area contributed by atoms with Crippen LogP contribution in [0.4, 0.5) is 10.6 Å². The Labute approximate surface area is 200 Å². The Kier molecular flexibility index (Phi) is 6.49. The van der Waals surface area contributed by atoms with E-state index in [1.165, 1.54) is 22.2 Å². The molecule has 0 bridgehead atoms. The molecule has 2 aromatic heterocycles. The first kappa shape index (κ1) is 22.1. The highest BCUT2D eigenvalue weighted by Gasteiger charge is 2.28. The maximum absolute atomic E-state index is 12.7. The van der Waals surface area contributed by atoms with Gasteiger partial charge in [-0.15, -0.1) is 11.3 Å². The second kappa shape index (κ2) is 9.67. The van der Waals surface area contributed by atoms with Gasteiger partial charge in [-0.25, -0.2) is 14.8 Å². The molecule has 3 aromatic rings. The average Bonchev–Trinajstić information content (AvgIpc) is 3.20. The first-order valence-electron chi connectivity index (χ1n) is 12.2. The Bertz CT molecular complexity index is 1120. The third kappa shape index (κ3) is 4.69. The highest BCUT2D eigenvalue weighted by molar-refractivity contribution is 7.19. The summed E-state index contributed by atoms with van der Waals surface area (Å²) in [5, 5.41) is 4.35. The van der Waals surface area contributed by atoms with Crippen LogP contribution in [0.5, 0.6) is 0 Å². The van der Waals surface area contributed by atoms with E-state index in [-0.39, 0.29) is 6.03 Å². The zero-order valence-corrected chi connectivity index (χ0v) is 20.5. The largest absolute Gasteiger partial charge is 0.352 e. The summed E-state index contributed by atoms with van der Waals surface area (Å²) < 4.78 is 0. The number of aryl methyl sites for hydroxylation is 2. The number of anilines is 1. The lowest BCUT2D eigenvalue weighted by atomic mass is 9.89. The molecule has 1 atom stereocenters. The van der Waals surface area contributed by atoms with Gasteiger partial charge in [-0.2, -0.15) is 0 Å². The SMILES string of the molecule is CCCc1nc(N2CCN(C(=O)NCc3ccccc3)CC2)c2c3c(sc2n1)CC(C)CC3. The maximum Gasteiger partial charge on any atom is 0.317 e. The minimum atomic E-state index is 0.0138. The molecule has 1 unspecified atom stereocenters. The van der Waals surface area contributed by atoms with Crippen molar-refractivity contribution in [2.75, 3.05) is 31.1 Å². The van der Waals surface area contributed by atoms with Crippen LogP contribution in [0, 0.1) is 5.92 Å². The third-order valence-corrected chi connectivity index (χ3v) is 7.96. The van der Waals surface area contributed by atoms with Gasteiger partial charge in [0.2, 0.25) is 0 Å². The maximum atomic E-state index is 12.7. The summed E-state index contributed by atoms with van der Waals surface area (Å²) in [6, 6.07) is 10.1. The third-order valence-electron chi connectivity index (χ3n) is 6.81. The Balaban J connectivity index is 1.33. The molecule has 1 aliphatic heterocycles. The summed E-state index contributed by atoms with van der Waals surface area (Å²) in [5.41, 5.74) is 2.60. The standard InChI is InChI=1S/C26H33N5OS/c1-3-7-22-28-24(23-20-11-10-18(2)16-21(20)33-25(23)29-22)30-12-14-31(15-13-30)26(32)27-17-19-8-5-4-6-9-19/h4-6,8-9,18H,3,7,10-17H2,1-2H3,(H,27,32). The zero-order valence-electron chi connectivity index (χ0n) is 19.6. The number of aromatic nitrogens is 2. The second-order valence-corrected chi connectivity index (χ2v) is 10.4. The van der Waals surface area contributed by atoms with Crippen molar-refractivity contribution in [1.29, 1.82) is 0 Å². The number of nitrogens with zero attached hydrogens (tertiary/aromatic N) is 4. The van der Waals surface area contributed by atoms with E-state index >= 15 is 0 Å². The Morgan fingerprint density at radius 2 is 1.94 bits per heavy atom. The molecule has 0 radical (unpaired) electrons. The summed E-state index contributed by atoms with van der Waals surface area (Å²) >= 11 is 1.88. The number of carbonyl (C=O) groups excluding carboxylic acids is 1. The van der Waals surface area contributed by atoms with E-state index in [1.807, 2.05) is 46.6 Å². The summed E-state index contributed by atoms with van der Waals surface area (Å²) in [7, 11) is 0. The number of hydrogen-bond acceptors (Lipinski definition) is 5. The van der Waals surface area contributed by atoms with Gasteiger partial charge in [0.1, 0.15) is 16.5 Å². The van der Waals surface area contributed by atoms with Crippen molar-refractivity contribution in [3.63, 3.8) is 0 Å². The van der Waals surface area contributed by atoms with E-state index in [9.17, 15) is 4.79 Å². The number of fused-ring (bicyclic) bond motifs is 3. The minimum Gasteiger partial charge on any atom is -0.352 e.